The summed E-state index contributed by atoms with van der Waals surface area (Å²) in [4.78, 5) is 104. The summed E-state index contributed by atoms with van der Waals surface area (Å²) >= 11 is 0. The van der Waals surface area contributed by atoms with Crippen molar-refractivity contribution >= 4 is 47.3 Å². The number of esters is 5. The number of carbonyl (C=O) groups excluding carboxylic acids is 8. The van der Waals surface area contributed by atoms with Crippen molar-refractivity contribution in [2.24, 2.45) is 84.2 Å². The second-order valence-electron chi connectivity index (χ2n) is 35.1. The van der Waals surface area contributed by atoms with Crippen molar-refractivity contribution in [3.63, 3.8) is 0 Å². The molecule has 14 nitrogen and oxygen atoms in total. The summed E-state index contributed by atoms with van der Waals surface area (Å²) in [5.74, 6) is -0.749. The van der Waals surface area contributed by atoms with Gasteiger partial charge < -0.3 is 29.0 Å². The molecule has 4 fully saturated rings. The molecule has 0 aliphatic heterocycles. The van der Waals surface area contributed by atoms with Crippen molar-refractivity contribution in [2.45, 2.75) is 305 Å². The molecule has 11 atom stereocenters. The van der Waals surface area contributed by atoms with E-state index in [9.17, 15) is 38.4 Å². The Morgan fingerprint density at radius 3 is 1.12 bits per heavy atom. The standard InChI is InChI=1S/C74H127NO13/c1-20-55-37-66(6,7)45-71(16,40-55)28-21-61(79)84-32-25-51(2)59(77)35-56-38-67(8,9)46-72(17,41-56)29-22-62(80)85-33-26-52(3)60(78)36-57-39-68(10,11)47-73(18,42-57)30-23-63(81)86-34-27-53(4)65(83)75-58-43-69(12,13)48-74(19,44-58)31-24-64(82)88-50-70(14,15)49-87-54(5)76/h51-53,55-58H,20-50H2,1-19H3,(H,75,83). The molecule has 0 heterocycles. The molecule has 1 amide bonds. The molecule has 0 saturated heterocycles. The van der Waals surface area contributed by atoms with E-state index in [2.05, 4.69) is 95.3 Å². The Balaban J connectivity index is 1.13. The zero-order chi connectivity index (χ0) is 66.3. The van der Waals surface area contributed by atoms with Crippen LogP contribution in [0.2, 0.25) is 0 Å². The minimum Gasteiger partial charge on any atom is -0.466 e. The van der Waals surface area contributed by atoms with Crippen LogP contribution in [0.15, 0.2) is 0 Å². The smallest absolute Gasteiger partial charge is 0.305 e. The van der Waals surface area contributed by atoms with Gasteiger partial charge in [-0.2, -0.15) is 0 Å². The maximum atomic E-state index is 13.8. The van der Waals surface area contributed by atoms with Gasteiger partial charge in [0.2, 0.25) is 5.91 Å². The molecule has 0 spiro atoms. The third-order valence-corrected chi connectivity index (χ3v) is 20.9. The number of rotatable bonds is 34. The van der Waals surface area contributed by atoms with Crippen molar-refractivity contribution in [3.8, 4) is 0 Å². The minimum atomic E-state index is -0.491. The zero-order valence-electron chi connectivity index (χ0n) is 59.3. The molecule has 506 valence electrons. The predicted molar refractivity (Wildman–Crippen MR) is 347 cm³/mol. The Labute approximate surface area is 534 Å². The Bertz CT molecular complexity index is 2350. The van der Waals surface area contributed by atoms with Gasteiger partial charge in [0.1, 0.15) is 11.6 Å². The van der Waals surface area contributed by atoms with Gasteiger partial charge in [0, 0.05) is 74.7 Å². The fraction of sp³-hybridized carbons (Fsp3) is 0.892. The summed E-state index contributed by atoms with van der Waals surface area (Å²) in [6.07, 6.45) is 19.1. The Hall–Kier alpha value is -3.84. The van der Waals surface area contributed by atoms with Crippen molar-refractivity contribution < 1.29 is 62.0 Å². The maximum Gasteiger partial charge on any atom is 0.305 e. The first-order valence-corrected chi connectivity index (χ1v) is 34.6. The summed E-state index contributed by atoms with van der Waals surface area (Å²) in [5, 5.41) is 3.29. The van der Waals surface area contributed by atoms with Crippen LogP contribution in [-0.2, 0) is 62.0 Å². The van der Waals surface area contributed by atoms with E-state index >= 15 is 0 Å². The van der Waals surface area contributed by atoms with Gasteiger partial charge in [-0.25, -0.2) is 0 Å². The first-order chi connectivity index (χ1) is 40.4. The van der Waals surface area contributed by atoms with Crippen LogP contribution in [0.4, 0.5) is 0 Å². The number of Topliss-reactive ketones (excluding diaryl/α,β-unsaturated/α-hetero) is 2. The number of ether oxygens (including phenoxy) is 5. The monoisotopic (exact) mass is 1240 g/mol. The van der Waals surface area contributed by atoms with Gasteiger partial charge in [-0.05, 0) is 183 Å². The van der Waals surface area contributed by atoms with Crippen LogP contribution >= 0.6 is 0 Å². The second kappa shape index (κ2) is 32.1. The molecule has 0 radical (unpaired) electrons. The molecular weight excluding hydrogens is 1110 g/mol. The van der Waals surface area contributed by atoms with Gasteiger partial charge in [0.05, 0.1) is 33.0 Å². The van der Waals surface area contributed by atoms with Crippen LogP contribution in [0, 0.1) is 84.2 Å². The first-order valence-electron chi connectivity index (χ1n) is 34.6. The van der Waals surface area contributed by atoms with Gasteiger partial charge >= 0.3 is 29.8 Å². The summed E-state index contributed by atoms with van der Waals surface area (Å²) in [6, 6.07) is -0.0561. The lowest BCUT2D eigenvalue weighted by molar-refractivity contribution is -0.152. The summed E-state index contributed by atoms with van der Waals surface area (Å²) < 4.78 is 27.9. The van der Waals surface area contributed by atoms with Crippen molar-refractivity contribution in [3.05, 3.63) is 0 Å². The molecule has 14 heteroatoms. The van der Waals surface area contributed by atoms with Crippen molar-refractivity contribution in [2.75, 3.05) is 33.0 Å². The summed E-state index contributed by atoms with van der Waals surface area (Å²) in [6.45, 7) is 41.2. The Morgan fingerprint density at radius 1 is 0.432 bits per heavy atom. The maximum absolute atomic E-state index is 13.8. The number of hydrogen-bond donors (Lipinski definition) is 1. The molecule has 11 unspecified atom stereocenters. The average Bonchev–Trinajstić information content (AvgIpc) is 0.923. The van der Waals surface area contributed by atoms with Gasteiger partial charge in [-0.1, -0.05) is 131 Å². The Morgan fingerprint density at radius 2 is 0.750 bits per heavy atom. The van der Waals surface area contributed by atoms with Gasteiger partial charge in [-0.15, -0.1) is 0 Å². The van der Waals surface area contributed by atoms with E-state index in [1.54, 1.807) is 0 Å². The highest BCUT2D eigenvalue weighted by Gasteiger charge is 2.46. The molecule has 4 aliphatic carbocycles. The Kier molecular flexibility index (Phi) is 28.0. The molecule has 0 aromatic rings. The summed E-state index contributed by atoms with van der Waals surface area (Å²) in [5.41, 5.74) is -0.532. The lowest BCUT2D eigenvalue weighted by Gasteiger charge is -2.47. The SMILES string of the molecule is CCC1CC(C)(C)CC(C)(CCC(=O)OCCC(C)C(=O)CC2CC(C)(C)CC(C)(CCC(=O)OCCC(C)C(=O)CC3CC(C)(C)CC(C)(CCC(=O)OCCC(C)C(=O)NC4CC(C)(C)CC(C)(CCC(=O)OCC(C)(C)COC(C)=O)C4)C3)C2)C1. The normalized spacial score (nSPS) is 29.3. The lowest BCUT2D eigenvalue weighted by Crippen LogP contribution is -2.48. The average molecular weight is 1240 g/mol. The summed E-state index contributed by atoms with van der Waals surface area (Å²) in [7, 11) is 0. The largest absolute Gasteiger partial charge is 0.466 e. The predicted octanol–water partition coefficient (Wildman–Crippen LogP) is 16.5. The van der Waals surface area contributed by atoms with Gasteiger partial charge in [-0.3, -0.25) is 38.4 Å². The topological polar surface area (TPSA) is 195 Å². The number of nitrogens with one attached hydrogen (secondary N) is 1. The third-order valence-electron chi connectivity index (χ3n) is 20.9. The molecule has 4 saturated carbocycles. The van der Waals surface area contributed by atoms with E-state index in [0.29, 0.717) is 70.1 Å². The second-order valence-corrected chi connectivity index (χ2v) is 35.1. The minimum absolute atomic E-state index is 0.00848. The quantitative estimate of drug-likeness (QED) is 0.0473. The van der Waals surface area contributed by atoms with Crippen molar-refractivity contribution in [1.82, 2.24) is 5.32 Å². The van der Waals surface area contributed by atoms with Gasteiger partial charge in [0.25, 0.3) is 0 Å². The van der Waals surface area contributed by atoms with Crippen LogP contribution in [0.5, 0.6) is 0 Å². The highest BCUT2D eigenvalue weighted by Crippen LogP contribution is 2.55. The van der Waals surface area contributed by atoms with Crippen LogP contribution in [0.1, 0.15) is 298 Å². The molecule has 88 heavy (non-hydrogen) atoms. The highest BCUT2D eigenvalue weighted by atomic mass is 16.6. The lowest BCUT2D eigenvalue weighted by atomic mass is 9.58. The van der Waals surface area contributed by atoms with E-state index in [1.165, 1.54) is 26.2 Å². The molecule has 0 bridgehead atoms. The molecule has 1 N–H and O–H groups in total. The van der Waals surface area contributed by atoms with Gasteiger partial charge in [0.15, 0.2) is 0 Å². The number of amides is 1. The molecular formula is C74H127NO13. The van der Waals surface area contributed by atoms with E-state index in [1.807, 2.05) is 34.6 Å². The van der Waals surface area contributed by atoms with Crippen LogP contribution < -0.4 is 5.32 Å². The van der Waals surface area contributed by atoms with Crippen LogP contribution in [0.3, 0.4) is 0 Å². The van der Waals surface area contributed by atoms with Crippen LogP contribution in [0.25, 0.3) is 0 Å². The molecule has 0 aromatic heterocycles. The number of ketones is 2. The fourth-order valence-corrected chi connectivity index (χ4v) is 18.0. The molecule has 0 aromatic carbocycles. The number of carbonyl (C=O) groups is 8. The molecule has 4 aliphatic rings. The van der Waals surface area contributed by atoms with Crippen LogP contribution in [-0.4, -0.2) is 86.4 Å². The zero-order valence-corrected chi connectivity index (χ0v) is 59.3. The first kappa shape index (κ1) is 76.6. The van der Waals surface area contributed by atoms with E-state index < -0.39 is 5.41 Å². The third kappa shape index (κ3) is 27.5. The van der Waals surface area contributed by atoms with E-state index in [0.717, 1.165) is 70.6 Å². The number of hydrogen-bond acceptors (Lipinski definition) is 13. The molecule has 4 rings (SSSR count). The van der Waals surface area contributed by atoms with E-state index in [-0.39, 0.29) is 172 Å². The van der Waals surface area contributed by atoms with Crippen molar-refractivity contribution in [1.29, 1.82) is 0 Å². The highest BCUT2D eigenvalue weighted by molar-refractivity contribution is 5.81. The fourth-order valence-electron chi connectivity index (χ4n) is 18.0. The van der Waals surface area contributed by atoms with E-state index in [4.69, 9.17) is 23.7 Å².